The highest BCUT2D eigenvalue weighted by atomic mass is 35.5. The van der Waals surface area contributed by atoms with E-state index in [1.54, 1.807) is 0 Å². The summed E-state index contributed by atoms with van der Waals surface area (Å²) in [6.45, 7) is 7.20. The summed E-state index contributed by atoms with van der Waals surface area (Å²) in [5, 5.41) is 8.85. The Morgan fingerprint density at radius 1 is 1.35 bits per heavy atom. The van der Waals surface area contributed by atoms with Crippen molar-refractivity contribution in [2.45, 2.75) is 33.2 Å². The second-order valence-electron chi connectivity index (χ2n) is 5.24. The molecule has 0 amide bonds. The van der Waals surface area contributed by atoms with Gasteiger partial charge in [-0.05, 0) is 44.0 Å². The van der Waals surface area contributed by atoms with Crippen LogP contribution in [0.15, 0.2) is 24.4 Å². The fraction of sp³-hybridized carbons (Fsp3) is 0.438. The molecular formula is C16H22ClN3. The average Bonchev–Trinajstić information content (AvgIpc) is 2.73. The van der Waals surface area contributed by atoms with Gasteiger partial charge in [-0.2, -0.15) is 5.10 Å². The minimum atomic E-state index is 0.141. The van der Waals surface area contributed by atoms with Gasteiger partial charge in [-0.25, -0.2) is 0 Å². The van der Waals surface area contributed by atoms with E-state index in [4.69, 9.17) is 11.6 Å². The molecule has 0 saturated carbocycles. The van der Waals surface area contributed by atoms with Crippen LogP contribution in [-0.4, -0.2) is 16.3 Å². The van der Waals surface area contributed by atoms with E-state index in [1.807, 2.05) is 25.6 Å². The Morgan fingerprint density at radius 3 is 2.65 bits per heavy atom. The monoisotopic (exact) mass is 291 g/mol. The standard InChI is InChI=1S/C16H22ClN3/c1-5-8-18-16(14-10-20(4)19-12(14)3)13-7-6-11(2)15(17)9-13/h6-7,9-10,16,18H,5,8H2,1-4H3. The fourth-order valence-corrected chi connectivity index (χ4v) is 2.58. The van der Waals surface area contributed by atoms with Crippen molar-refractivity contribution in [3.8, 4) is 0 Å². The lowest BCUT2D eigenvalue weighted by Crippen LogP contribution is -2.23. The molecule has 0 fully saturated rings. The Hall–Kier alpha value is -1.32. The zero-order valence-corrected chi connectivity index (χ0v) is 13.3. The molecular weight excluding hydrogens is 270 g/mol. The minimum absolute atomic E-state index is 0.141. The van der Waals surface area contributed by atoms with E-state index in [1.165, 1.54) is 11.1 Å². The van der Waals surface area contributed by atoms with Crippen molar-refractivity contribution in [2.24, 2.45) is 7.05 Å². The van der Waals surface area contributed by atoms with Gasteiger partial charge in [-0.3, -0.25) is 4.68 Å². The molecule has 20 heavy (non-hydrogen) atoms. The first-order valence-electron chi connectivity index (χ1n) is 7.02. The van der Waals surface area contributed by atoms with Crippen molar-refractivity contribution in [1.82, 2.24) is 15.1 Å². The van der Waals surface area contributed by atoms with Crippen LogP contribution in [0.25, 0.3) is 0 Å². The Labute approximate surface area is 126 Å². The minimum Gasteiger partial charge on any atom is -0.306 e. The maximum Gasteiger partial charge on any atom is 0.0644 e. The lowest BCUT2D eigenvalue weighted by Gasteiger charge is -2.19. The summed E-state index contributed by atoms with van der Waals surface area (Å²) in [4.78, 5) is 0. The van der Waals surface area contributed by atoms with Crippen molar-refractivity contribution in [2.75, 3.05) is 6.54 Å². The molecule has 4 heteroatoms. The molecule has 0 aliphatic rings. The summed E-state index contributed by atoms with van der Waals surface area (Å²) in [6.07, 6.45) is 3.17. The van der Waals surface area contributed by atoms with Crippen molar-refractivity contribution in [3.05, 3.63) is 51.8 Å². The van der Waals surface area contributed by atoms with Gasteiger partial charge in [0.25, 0.3) is 0 Å². The number of rotatable bonds is 5. The lowest BCUT2D eigenvalue weighted by atomic mass is 9.98. The van der Waals surface area contributed by atoms with Crippen LogP contribution in [0.5, 0.6) is 0 Å². The quantitative estimate of drug-likeness (QED) is 0.908. The normalized spacial score (nSPS) is 12.7. The molecule has 0 aliphatic carbocycles. The third-order valence-electron chi connectivity index (χ3n) is 3.49. The highest BCUT2D eigenvalue weighted by Gasteiger charge is 2.18. The van der Waals surface area contributed by atoms with Crippen LogP contribution in [0.4, 0.5) is 0 Å². The molecule has 0 aliphatic heterocycles. The van der Waals surface area contributed by atoms with Gasteiger partial charge in [0, 0.05) is 23.8 Å². The van der Waals surface area contributed by atoms with E-state index in [0.29, 0.717) is 0 Å². The summed E-state index contributed by atoms with van der Waals surface area (Å²) in [5.74, 6) is 0. The van der Waals surface area contributed by atoms with E-state index in [2.05, 4.69) is 41.7 Å². The van der Waals surface area contributed by atoms with Gasteiger partial charge in [-0.1, -0.05) is 30.7 Å². The number of halogens is 1. The molecule has 0 saturated heterocycles. The molecule has 1 aromatic carbocycles. The van der Waals surface area contributed by atoms with E-state index >= 15 is 0 Å². The first kappa shape index (κ1) is 15.1. The Kier molecular flexibility index (Phi) is 4.84. The summed E-state index contributed by atoms with van der Waals surface area (Å²) in [7, 11) is 1.95. The molecule has 1 heterocycles. The fourth-order valence-electron chi connectivity index (χ4n) is 2.39. The van der Waals surface area contributed by atoms with Crippen molar-refractivity contribution in [1.29, 1.82) is 0 Å². The number of hydrogen-bond donors (Lipinski definition) is 1. The average molecular weight is 292 g/mol. The van der Waals surface area contributed by atoms with Gasteiger partial charge < -0.3 is 5.32 Å². The van der Waals surface area contributed by atoms with Gasteiger partial charge in [0.1, 0.15) is 0 Å². The van der Waals surface area contributed by atoms with Crippen LogP contribution in [-0.2, 0) is 7.05 Å². The van der Waals surface area contributed by atoms with E-state index in [-0.39, 0.29) is 6.04 Å². The van der Waals surface area contributed by atoms with Crippen molar-refractivity contribution in [3.63, 3.8) is 0 Å². The van der Waals surface area contributed by atoms with Crippen LogP contribution < -0.4 is 5.32 Å². The van der Waals surface area contributed by atoms with Gasteiger partial charge >= 0.3 is 0 Å². The van der Waals surface area contributed by atoms with E-state index in [0.717, 1.165) is 29.2 Å². The van der Waals surface area contributed by atoms with Crippen LogP contribution in [0.1, 0.15) is 41.8 Å². The largest absolute Gasteiger partial charge is 0.306 e. The van der Waals surface area contributed by atoms with E-state index < -0.39 is 0 Å². The van der Waals surface area contributed by atoms with Crippen molar-refractivity contribution < 1.29 is 0 Å². The summed E-state index contributed by atoms with van der Waals surface area (Å²) in [5.41, 5.74) is 4.55. The molecule has 1 aromatic heterocycles. The van der Waals surface area contributed by atoms with Gasteiger partial charge in [0.15, 0.2) is 0 Å². The molecule has 0 bridgehead atoms. The Balaban J connectivity index is 2.41. The van der Waals surface area contributed by atoms with Crippen LogP contribution in [0, 0.1) is 13.8 Å². The number of aryl methyl sites for hydroxylation is 3. The zero-order valence-electron chi connectivity index (χ0n) is 12.6. The number of nitrogens with zero attached hydrogens (tertiary/aromatic N) is 2. The molecule has 1 unspecified atom stereocenters. The van der Waals surface area contributed by atoms with Gasteiger partial charge in [0.05, 0.1) is 11.7 Å². The third kappa shape index (κ3) is 3.22. The number of benzene rings is 1. The smallest absolute Gasteiger partial charge is 0.0644 e. The van der Waals surface area contributed by atoms with Crippen LogP contribution >= 0.6 is 11.6 Å². The second-order valence-corrected chi connectivity index (χ2v) is 5.65. The molecule has 2 rings (SSSR count). The highest BCUT2D eigenvalue weighted by Crippen LogP contribution is 2.27. The predicted octanol–water partition coefficient (Wildman–Crippen LogP) is 3.78. The zero-order chi connectivity index (χ0) is 14.7. The third-order valence-corrected chi connectivity index (χ3v) is 3.90. The summed E-state index contributed by atoms with van der Waals surface area (Å²) >= 11 is 6.28. The first-order chi connectivity index (χ1) is 9.52. The number of nitrogens with one attached hydrogen (secondary N) is 1. The topological polar surface area (TPSA) is 29.9 Å². The Bertz CT molecular complexity index is 589. The van der Waals surface area contributed by atoms with E-state index in [9.17, 15) is 0 Å². The molecule has 108 valence electrons. The molecule has 0 radical (unpaired) electrons. The van der Waals surface area contributed by atoms with Crippen molar-refractivity contribution >= 4 is 11.6 Å². The second kappa shape index (κ2) is 6.42. The molecule has 1 N–H and O–H groups in total. The summed E-state index contributed by atoms with van der Waals surface area (Å²) < 4.78 is 1.86. The molecule has 3 nitrogen and oxygen atoms in total. The number of hydrogen-bond acceptors (Lipinski definition) is 2. The highest BCUT2D eigenvalue weighted by molar-refractivity contribution is 6.31. The Morgan fingerprint density at radius 2 is 2.10 bits per heavy atom. The van der Waals surface area contributed by atoms with Gasteiger partial charge in [0.2, 0.25) is 0 Å². The lowest BCUT2D eigenvalue weighted by molar-refractivity contribution is 0.596. The summed E-state index contributed by atoms with van der Waals surface area (Å²) in [6, 6.07) is 6.41. The molecule has 1 atom stereocenters. The van der Waals surface area contributed by atoms with Crippen LogP contribution in [0.3, 0.4) is 0 Å². The number of aromatic nitrogens is 2. The molecule has 2 aromatic rings. The first-order valence-corrected chi connectivity index (χ1v) is 7.40. The SMILES string of the molecule is CCCNC(c1ccc(C)c(Cl)c1)c1cn(C)nc1C. The predicted molar refractivity (Wildman–Crippen MR) is 84.3 cm³/mol. The van der Waals surface area contributed by atoms with Crippen LogP contribution in [0.2, 0.25) is 5.02 Å². The maximum absolute atomic E-state index is 6.28. The molecule has 0 spiro atoms. The van der Waals surface area contributed by atoms with Gasteiger partial charge in [-0.15, -0.1) is 0 Å². The maximum atomic E-state index is 6.28.